The second-order valence-corrected chi connectivity index (χ2v) is 4.86. The standard InChI is InChI=1S/C12H17BrFN3O/c1-3-4-16-12(18)7(2)17-11-6-9(14)8(13)5-10(11)15/h5-7,17H,3-4,15H2,1-2H3,(H,16,18). The fourth-order valence-electron chi connectivity index (χ4n) is 1.39. The molecule has 0 spiro atoms. The first-order valence-corrected chi connectivity index (χ1v) is 6.53. The quantitative estimate of drug-likeness (QED) is 0.731. The molecule has 1 atom stereocenters. The Hall–Kier alpha value is -1.30. The molecule has 0 saturated heterocycles. The van der Waals surface area contributed by atoms with Crippen LogP contribution in [0.1, 0.15) is 20.3 Å². The number of carbonyl (C=O) groups is 1. The summed E-state index contributed by atoms with van der Waals surface area (Å²) in [6.07, 6.45) is 0.869. The molecule has 1 rings (SSSR count). The molecule has 100 valence electrons. The second kappa shape index (κ2) is 6.58. The van der Waals surface area contributed by atoms with Crippen molar-refractivity contribution in [3.8, 4) is 0 Å². The average Bonchev–Trinajstić information content (AvgIpc) is 2.32. The highest BCUT2D eigenvalue weighted by Crippen LogP contribution is 2.26. The first kappa shape index (κ1) is 14.8. The number of anilines is 2. The van der Waals surface area contributed by atoms with E-state index in [-0.39, 0.29) is 5.91 Å². The third-order valence-corrected chi connectivity index (χ3v) is 3.01. The Morgan fingerprint density at radius 3 is 2.83 bits per heavy atom. The lowest BCUT2D eigenvalue weighted by atomic mass is 10.2. The highest BCUT2D eigenvalue weighted by molar-refractivity contribution is 9.10. The summed E-state index contributed by atoms with van der Waals surface area (Å²) in [6.45, 7) is 4.29. The number of hydrogen-bond acceptors (Lipinski definition) is 3. The van der Waals surface area contributed by atoms with Gasteiger partial charge in [-0.2, -0.15) is 0 Å². The summed E-state index contributed by atoms with van der Waals surface area (Å²) in [6, 6.07) is 2.26. The molecule has 0 heterocycles. The molecule has 1 amide bonds. The van der Waals surface area contributed by atoms with Crippen molar-refractivity contribution in [2.24, 2.45) is 0 Å². The summed E-state index contributed by atoms with van der Waals surface area (Å²) in [5, 5.41) is 5.64. The van der Waals surface area contributed by atoms with Gasteiger partial charge in [-0.1, -0.05) is 6.92 Å². The summed E-state index contributed by atoms with van der Waals surface area (Å²) in [4.78, 5) is 11.7. The summed E-state index contributed by atoms with van der Waals surface area (Å²) in [7, 11) is 0. The van der Waals surface area contributed by atoms with E-state index in [1.54, 1.807) is 6.92 Å². The average molecular weight is 318 g/mol. The maximum Gasteiger partial charge on any atom is 0.242 e. The Bertz CT molecular complexity index is 440. The van der Waals surface area contributed by atoms with Crippen molar-refractivity contribution in [3.05, 3.63) is 22.4 Å². The topological polar surface area (TPSA) is 67.2 Å². The van der Waals surface area contributed by atoms with Crippen molar-refractivity contribution in [1.29, 1.82) is 0 Å². The van der Waals surface area contributed by atoms with Gasteiger partial charge in [-0.25, -0.2) is 4.39 Å². The predicted molar refractivity (Wildman–Crippen MR) is 74.9 cm³/mol. The van der Waals surface area contributed by atoms with Crippen molar-refractivity contribution < 1.29 is 9.18 Å². The first-order valence-electron chi connectivity index (χ1n) is 5.74. The molecule has 1 aromatic carbocycles. The molecule has 1 unspecified atom stereocenters. The molecular weight excluding hydrogens is 301 g/mol. The molecule has 0 aromatic heterocycles. The number of halogens is 2. The van der Waals surface area contributed by atoms with Crippen LogP contribution in [0.25, 0.3) is 0 Å². The molecule has 1 aromatic rings. The van der Waals surface area contributed by atoms with Gasteiger partial charge < -0.3 is 16.4 Å². The van der Waals surface area contributed by atoms with Gasteiger partial charge in [-0.05, 0) is 35.3 Å². The van der Waals surface area contributed by atoms with Crippen molar-refractivity contribution in [1.82, 2.24) is 5.32 Å². The monoisotopic (exact) mass is 317 g/mol. The Balaban J connectivity index is 2.72. The molecule has 4 N–H and O–H groups in total. The SMILES string of the molecule is CCCNC(=O)C(C)Nc1cc(F)c(Br)cc1N. The minimum absolute atomic E-state index is 0.139. The zero-order chi connectivity index (χ0) is 13.7. The Labute approximate surface area is 114 Å². The van der Waals surface area contributed by atoms with Crippen LogP contribution < -0.4 is 16.4 Å². The van der Waals surface area contributed by atoms with Crippen LogP contribution >= 0.6 is 15.9 Å². The third kappa shape index (κ3) is 3.87. The van der Waals surface area contributed by atoms with Gasteiger partial charge in [0, 0.05) is 12.6 Å². The van der Waals surface area contributed by atoms with Gasteiger partial charge in [0.2, 0.25) is 5.91 Å². The molecule has 0 radical (unpaired) electrons. The molecule has 0 fully saturated rings. The normalized spacial score (nSPS) is 12.0. The van der Waals surface area contributed by atoms with Crippen LogP contribution in [0.3, 0.4) is 0 Å². The maximum absolute atomic E-state index is 13.4. The van der Waals surface area contributed by atoms with Crippen LogP contribution in [0, 0.1) is 5.82 Å². The molecule has 0 bridgehead atoms. The zero-order valence-electron chi connectivity index (χ0n) is 10.4. The van der Waals surface area contributed by atoms with Crippen LogP contribution in [0.4, 0.5) is 15.8 Å². The third-order valence-electron chi connectivity index (χ3n) is 2.41. The van der Waals surface area contributed by atoms with E-state index in [1.807, 2.05) is 6.92 Å². The lowest BCUT2D eigenvalue weighted by Crippen LogP contribution is -2.38. The number of amides is 1. The van der Waals surface area contributed by atoms with Gasteiger partial charge in [-0.15, -0.1) is 0 Å². The lowest BCUT2D eigenvalue weighted by molar-refractivity contribution is -0.121. The molecule has 0 aliphatic heterocycles. The van der Waals surface area contributed by atoms with Gasteiger partial charge in [-0.3, -0.25) is 4.79 Å². The molecular formula is C12H17BrFN3O. The maximum atomic E-state index is 13.4. The van der Waals surface area contributed by atoms with E-state index in [9.17, 15) is 9.18 Å². The number of nitrogen functional groups attached to an aromatic ring is 1. The van der Waals surface area contributed by atoms with E-state index in [0.717, 1.165) is 6.42 Å². The fourth-order valence-corrected chi connectivity index (χ4v) is 1.75. The number of rotatable bonds is 5. The van der Waals surface area contributed by atoms with Crippen LogP contribution in [0.15, 0.2) is 16.6 Å². The Kier molecular flexibility index (Phi) is 5.40. The molecule has 4 nitrogen and oxygen atoms in total. The van der Waals surface area contributed by atoms with E-state index >= 15 is 0 Å². The number of carbonyl (C=O) groups excluding carboxylic acids is 1. The zero-order valence-corrected chi connectivity index (χ0v) is 12.0. The van der Waals surface area contributed by atoms with Crippen LogP contribution in [-0.4, -0.2) is 18.5 Å². The van der Waals surface area contributed by atoms with Crippen LogP contribution in [0.5, 0.6) is 0 Å². The summed E-state index contributed by atoms with van der Waals surface area (Å²) >= 11 is 3.05. The molecule has 0 saturated carbocycles. The Morgan fingerprint density at radius 1 is 1.56 bits per heavy atom. The van der Waals surface area contributed by atoms with Crippen molar-refractivity contribution in [3.63, 3.8) is 0 Å². The van der Waals surface area contributed by atoms with Crippen molar-refractivity contribution in [2.75, 3.05) is 17.6 Å². The molecule has 18 heavy (non-hydrogen) atoms. The second-order valence-electron chi connectivity index (χ2n) is 4.01. The molecule has 6 heteroatoms. The van der Waals surface area contributed by atoms with Crippen LogP contribution in [-0.2, 0) is 4.79 Å². The summed E-state index contributed by atoms with van der Waals surface area (Å²) < 4.78 is 13.7. The first-order chi connectivity index (χ1) is 8.45. The van der Waals surface area contributed by atoms with Crippen molar-refractivity contribution in [2.45, 2.75) is 26.3 Å². The number of nitrogens with one attached hydrogen (secondary N) is 2. The number of nitrogens with two attached hydrogens (primary N) is 1. The minimum Gasteiger partial charge on any atom is -0.397 e. The highest BCUT2D eigenvalue weighted by atomic mass is 79.9. The van der Waals surface area contributed by atoms with Crippen LogP contribution in [0.2, 0.25) is 0 Å². The summed E-state index contributed by atoms with van der Waals surface area (Å²) in [5.74, 6) is -0.563. The predicted octanol–water partition coefficient (Wildman–Crippen LogP) is 2.50. The Morgan fingerprint density at radius 2 is 2.22 bits per heavy atom. The van der Waals surface area contributed by atoms with E-state index in [0.29, 0.717) is 22.4 Å². The van der Waals surface area contributed by atoms with E-state index in [2.05, 4.69) is 26.6 Å². The number of hydrogen-bond donors (Lipinski definition) is 3. The van der Waals surface area contributed by atoms with Gasteiger partial charge >= 0.3 is 0 Å². The summed E-state index contributed by atoms with van der Waals surface area (Å²) in [5.41, 5.74) is 6.55. The largest absolute Gasteiger partial charge is 0.397 e. The van der Waals surface area contributed by atoms with E-state index < -0.39 is 11.9 Å². The number of benzene rings is 1. The smallest absolute Gasteiger partial charge is 0.242 e. The minimum atomic E-state index is -0.473. The fraction of sp³-hybridized carbons (Fsp3) is 0.417. The molecule has 0 aliphatic rings. The molecule has 0 aliphatic carbocycles. The highest BCUT2D eigenvalue weighted by Gasteiger charge is 2.14. The van der Waals surface area contributed by atoms with Crippen molar-refractivity contribution >= 4 is 33.2 Å². The van der Waals surface area contributed by atoms with Gasteiger partial charge in [0.15, 0.2) is 0 Å². The van der Waals surface area contributed by atoms with Gasteiger partial charge in [0.1, 0.15) is 11.9 Å². The lowest BCUT2D eigenvalue weighted by Gasteiger charge is -2.16. The van der Waals surface area contributed by atoms with E-state index in [4.69, 9.17) is 5.73 Å². The van der Waals surface area contributed by atoms with E-state index in [1.165, 1.54) is 12.1 Å². The van der Waals surface area contributed by atoms with Gasteiger partial charge in [0.25, 0.3) is 0 Å². The van der Waals surface area contributed by atoms with Gasteiger partial charge in [0.05, 0.1) is 15.8 Å².